The lowest BCUT2D eigenvalue weighted by atomic mass is 9.92. The Morgan fingerprint density at radius 3 is 2.09 bits per heavy atom. The Morgan fingerprint density at radius 1 is 1.03 bits per heavy atom. The van der Waals surface area contributed by atoms with Gasteiger partial charge in [0.2, 0.25) is 5.91 Å². The highest BCUT2D eigenvalue weighted by atomic mass is 16.5. The molecule has 0 aliphatic carbocycles. The van der Waals surface area contributed by atoms with Crippen LogP contribution >= 0.6 is 0 Å². The van der Waals surface area contributed by atoms with Crippen molar-refractivity contribution in [3.05, 3.63) is 23.8 Å². The topological polar surface area (TPSA) is 89.1 Å². The third-order valence-electron chi connectivity index (χ3n) is 6.44. The maximum absolute atomic E-state index is 13.2. The number of methoxy groups -OCH3 is 2. The molecule has 1 aliphatic rings. The molecule has 1 fully saturated rings. The van der Waals surface area contributed by atoms with Gasteiger partial charge in [0.1, 0.15) is 17.5 Å². The van der Waals surface area contributed by atoms with Crippen LogP contribution in [0.4, 0.5) is 0 Å². The van der Waals surface area contributed by atoms with Crippen molar-refractivity contribution in [3.63, 3.8) is 0 Å². The molecule has 2 amide bonds. The number of hydrogen-bond donors (Lipinski definition) is 2. The van der Waals surface area contributed by atoms with Gasteiger partial charge in [-0.15, -0.1) is 0 Å². The van der Waals surface area contributed by atoms with E-state index in [1.54, 1.807) is 18.2 Å². The summed E-state index contributed by atoms with van der Waals surface area (Å²) in [6.45, 7) is 12.0. The van der Waals surface area contributed by atoms with Gasteiger partial charge in [-0.1, -0.05) is 40.5 Å². The van der Waals surface area contributed by atoms with Crippen molar-refractivity contribution < 1.29 is 23.8 Å². The average molecular weight is 464 g/mol. The lowest BCUT2D eigenvalue weighted by Gasteiger charge is -2.39. The molecule has 1 aliphatic heterocycles. The van der Waals surface area contributed by atoms with Gasteiger partial charge in [-0.05, 0) is 24.0 Å². The fourth-order valence-corrected chi connectivity index (χ4v) is 4.35. The molecule has 1 aromatic carbocycles. The van der Waals surface area contributed by atoms with Gasteiger partial charge in [0, 0.05) is 37.3 Å². The SMILES string of the molecule is CCC(CC)C(CNC(=O)C(NC(=O)c1cc(OC)cc(OC)c1)C(C)C)N1CCOCC1. The third-order valence-corrected chi connectivity index (χ3v) is 6.44. The van der Waals surface area contributed by atoms with Crippen LogP contribution in [0.1, 0.15) is 50.9 Å². The summed E-state index contributed by atoms with van der Waals surface area (Å²) in [7, 11) is 3.07. The standard InChI is InChI=1S/C25H41N3O5/c1-7-18(8-2)22(28-9-11-33-12-10-28)16-26-25(30)23(17(3)4)27-24(29)19-13-20(31-5)15-21(14-19)32-6/h13-15,17-18,22-23H,7-12,16H2,1-6H3,(H,26,30)(H,27,29). The summed E-state index contributed by atoms with van der Waals surface area (Å²) in [6.07, 6.45) is 2.10. The van der Waals surface area contributed by atoms with Crippen molar-refractivity contribution >= 4 is 11.8 Å². The van der Waals surface area contributed by atoms with Gasteiger partial charge in [0.25, 0.3) is 5.91 Å². The van der Waals surface area contributed by atoms with Crippen LogP contribution in [0.15, 0.2) is 18.2 Å². The summed E-state index contributed by atoms with van der Waals surface area (Å²) >= 11 is 0. The highest BCUT2D eigenvalue weighted by Crippen LogP contribution is 2.23. The van der Waals surface area contributed by atoms with E-state index in [1.165, 1.54) is 14.2 Å². The first-order chi connectivity index (χ1) is 15.8. The van der Waals surface area contributed by atoms with Gasteiger partial charge in [-0.25, -0.2) is 0 Å². The second-order valence-corrected chi connectivity index (χ2v) is 8.83. The number of amides is 2. The zero-order chi connectivity index (χ0) is 24.4. The molecule has 8 heteroatoms. The summed E-state index contributed by atoms with van der Waals surface area (Å²) in [5, 5.41) is 6.03. The zero-order valence-corrected chi connectivity index (χ0v) is 21.0. The minimum atomic E-state index is -0.651. The van der Waals surface area contributed by atoms with E-state index in [9.17, 15) is 9.59 Å². The van der Waals surface area contributed by atoms with E-state index in [0.29, 0.717) is 29.5 Å². The summed E-state index contributed by atoms with van der Waals surface area (Å²) in [6, 6.07) is 4.57. The summed E-state index contributed by atoms with van der Waals surface area (Å²) in [5.74, 6) is 0.937. The molecule has 0 spiro atoms. The first-order valence-electron chi connectivity index (χ1n) is 12.0. The number of carbonyl (C=O) groups excluding carboxylic acids is 2. The molecule has 186 valence electrons. The van der Waals surface area contributed by atoms with E-state index in [1.807, 2.05) is 13.8 Å². The van der Waals surface area contributed by atoms with E-state index in [2.05, 4.69) is 29.4 Å². The number of hydrogen-bond acceptors (Lipinski definition) is 6. The van der Waals surface area contributed by atoms with E-state index < -0.39 is 6.04 Å². The molecule has 2 atom stereocenters. The Morgan fingerprint density at radius 2 is 1.61 bits per heavy atom. The van der Waals surface area contributed by atoms with Crippen LogP contribution in [0.3, 0.4) is 0 Å². The van der Waals surface area contributed by atoms with Crippen LogP contribution in [0.25, 0.3) is 0 Å². The minimum Gasteiger partial charge on any atom is -0.497 e. The van der Waals surface area contributed by atoms with Crippen molar-refractivity contribution in [2.45, 2.75) is 52.6 Å². The average Bonchev–Trinajstić information content (AvgIpc) is 2.84. The Bertz CT molecular complexity index is 738. The van der Waals surface area contributed by atoms with Gasteiger partial charge in [-0.2, -0.15) is 0 Å². The number of carbonyl (C=O) groups is 2. The quantitative estimate of drug-likeness (QED) is 0.496. The maximum atomic E-state index is 13.2. The summed E-state index contributed by atoms with van der Waals surface area (Å²) in [4.78, 5) is 28.6. The second-order valence-electron chi connectivity index (χ2n) is 8.83. The molecule has 1 aromatic rings. The molecule has 0 bridgehead atoms. The molecule has 2 unspecified atom stereocenters. The molecule has 0 radical (unpaired) electrons. The molecular formula is C25H41N3O5. The fraction of sp³-hybridized carbons (Fsp3) is 0.680. The van der Waals surface area contributed by atoms with Gasteiger partial charge < -0.3 is 24.8 Å². The van der Waals surface area contributed by atoms with Crippen LogP contribution in [-0.2, 0) is 9.53 Å². The number of morpholine rings is 1. The van der Waals surface area contributed by atoms with Crippen molar-refractivity contribution in [1.82, 2.24) is 15.5 Å². The van der Waals surface area contributed by atoms with Gasteiger partial charge in [-0.3, -0.25) is 14.5 Å². The van der Waals surface area contributed by atoms with E-state index in [4.69, 9.17) is 14.2 Å². The van der Waals surface area contributed by atoms with Crippen molar-refractivity contribution in [2.75, 3.05) is 47.1 Å². The third kappa shape index (κ3) is 7.61. The molecule has 1 saturated heterocycles. The number of nitrogens with one attached hydrogen (secondary N) is 2. The Balaban J connectivity index is 2.09. The highest BCUT2D eigenvalue weighted by molar-refractivity contribution is 5.98. The first kappa shape index (κ1) is 26.9. The molecule has 8 nitrogen and oxygen atoms in total. The fourth-order valence-electron chi connectivity index (χ4n) is 4.35. The largest absolute Gasteiger partial charge is 0.497 e. The Kier molecular flexibility index (Phi) is 10.9. The second kappa shape index (κ2) is 13.4. The van der Waals surface area contributed by atoms with Crippen molar-refractivity contribution in [1.29, 1.82) is 0 Å². The van der Waals surface area contributed by atoms with Gasteiger partial charge >= 0.3 is 0 Å². The lowest BCUT2D eigenvalue weighted by Crippen LogP contribution is -2.55. The molecule has 2 N–H and O–H groups in total. The van der Waals surface area contributed by atoms with Crippen LogP contribution in [-0.4, -0.2) is 75.9 Å². The molecular weight excluding hydrogens is 422 g/mol. The highest BCUT2D eigenvalue weighted by Gasteiger charge is 2.30. The van der Waals surface area contributed by atoms with Crippen molar-refractivity contribution in [3.8, 4) is 11.5 Å². The molecule has 0 aromatic heterocycles. The number of nitrogens with zero attached hydrogens (tertiary/aromatic N) is 1. The predicted octanol–water partition coefficient (Wildman–Crippen LogP) is 2.71. The molecule has 33 heavy (non-hydrogen) atoms. The van der Waals surface area contributed by atoms with Crippen LogP contribution < -0.4 is 20.1 Å². The van der Waals surface area contributed by atoms with Gasteiger partial charge in [0.05, 0.1) is 27.4 Å². The lowest BCUT2D eigenvalue weighted by molar-refractivity contribution is -0.124. The molecule has 2 rings (SSSR count). The Hall–Kier alpha value is -2.32. The van der Waals surface area contributed by atoms with E-state index in [0.717, 1.165) is 39.1 Å². The summed E-state index contributed by atoms with van der Waals surface area (Å²) < 4.78 is 16.0. The predicted molar refractivity (Wildman–Crippen MR) is 129 cm³/mol. The summed E-state index contributed by atoms with van der Waals surface area (Å²) in [5.41, 5.74) is 0.382. The number of benzene rings is 1. The van der Waals surface area contributed by atoms with E-state index in [-0.39, 0.29) is 23.8 Å². The van der Waals surface area contributed by atoms with Crippen LogP contribution in [0, 0.1) is 11.8 Å². The maximum Gasteiger partial charge on any atom is 0.252 e. The molecule has 0 saturated carbocycles. The number of rotatable bonds is 12. The van der Waals surface area contributed by atoms with Gasteiger partial charge in [0.15, 0.2) is 0 Å². The Labute approximate surface area is 198 Å². The van der Waals surface area contributed by atoms with Crippen LogP contribution in [0.5, 0.6) is 11.5 Å². The first-order valence-corrected chi connectivity index (χ1v) is 12.0. The smallest absolute Gasteiger partial charge is 0.252 e. The monoisotopic (exact) mass is 463 g/mol. The van der Waals surface area contributed by atoms with E-state index >= 15 is 0 Å². The molecule has 1 heterocycles. The normalized spacial score (nSPS) is 16.4. The number of ether oxygens (including phenoxy) is 3. The minimum absolute atomic E-state index is 0.0727. The van der Waals surface area contributed by atoms with Crippen LogP contribution in [0.2, 0.25) is 0 Å². The van der Waals surface area contributed by atoms with Crippen molar-refractivity contribution in [2.24, 2.45) is 11.8 Å². The zero-order valence-electron chi connectivity index (χ0n) is 21.0.